The van der Waals surface area contributed by atoms with Crippen molar-refractivity contribution in [1.29, 1.82) is 0 Å². The van der Waals surface area contributed by atoms with Crippen LogP contribution in [0.5, 0.6) is 5.75 Å². The second-order valence-corrected chi connectivity index (χ2v) is 10.2. The van der Waals surface area contributed by atoms with Gasteiger partial charge in [-0.25, -0.2) is 4.79 Å². The maximum Gasteiger partial charge on any atom is 0.323 e. The second-order valence-electron chi connectivity index (χ2n) is 9.36. The Balaban J connectivity index is 1.50. The summed E-state index contributed by atoms with van der Waals surface area (Å²) in [6.45, 7) is 6.56. The van der Waals surface area contributed by atoms with E-state index >= 15 is 0 Å². The van der Waals surface area contributed by atoms with Crippen LogP contribution in [0.2, 0.25) is 10.0 Å². The van der Waals surface area contributed by atoms with E-state index in [1.54, 1.807) is 37.4 Å². The highest BCUT2D eigenvalue weighted by molar-refractivity contribution is 6.39. The van der Waals surface area contributed by atoms with E-state index in [0.717, 1.165) is 30.2 Å². The van der Waals surface area contributed by atoms with Gasteiger partial charge in [0.2, 0.25) is 0 Å². The predicted octanol–water partition coefficient (Wildman–Crippen LogP) is 6.13. The van der Waals surface area contributed by atoms with Crippen molar-refractivity contribution < 1.29 is 19.1 Å². The van der Waals surface area contributed by atoms with Gasteiger partial charge < -0.3 is 35.2 Å². The lowest BCUT2D eigenvalue weighted by atomic mass is 10.1. The van der Waals surface area contributed by atoms with Gasteiger partial charge in [0, 0.05) is 57.3 Å². The molecule has 11 heteroatoms. The lowest BCUT2D eigenvalue weighted by Crippen LogP contribution is -2.47. The Morgan fingerprint density at radius 1 is 0.878 bits per heavy atom. The normalized spacial score (nSPS) is 13.1. The number of piperazine rings is 1. The maximum atomic E-state index is 13.4. The van der Waals surface area contributed by atoms with Crippen LogP contribution in [0.25, 0.3) is 0 Å². The lowest BCUT2D eigenvalue weighted by molar-refractivity contribution is 0.0944. The number of benzene rings is 3. The summed E-state index contributed by atoms with van der Waals surface area (Å²) in [7, 11) is 1.67. The minimum Gasteiger partial charge on any atom is -0.495 e. The SMILES string of the molecule is CCOCCCNC(=O)c1cc(NC(=O)Nc2c(Cl)cccc2Cl)ccc1N1CCN(c2ccccc2OC)CC1. The molecule has 0 aromatic heterocycles. The molecule has 0 spiro atoms. The smallest absolute Gasteiger partial charge is 0.323 e. The highest BCUT2D eigenvalue weighted by Crippen LogP contribution is 2.32. The molecule has 3 aromatic carbocycles. The topological polar surface area (TPSA) is 95.2 Å². The summed E-state index contributed by atoms with van der Waals surface area (Å²) < 4.78 is 10.9. The van der Waals surface area contributed by atoms with Gasteiger partial charge in [-0.3, -0.25) is 4.79 Å². The van der Waals surface area contributed by atoms with E-state index in [-0.39, 0.29) is 5.91 Å². The molecule has 218 valence electrons. The Hall–Kier alpha value is -3.66. The fraction of sp³-hybridized carbons (Fsp3) is 0.333. The second kappa shape index (κ2) is 14.8. The zero-order valence-corrected chi connectivity index (χ0v) is 24.7. The highest BCUT2D eigenvalue weighted by atomic mass is 35.5. The number of rotatable bonds is 11. The molecule has 9 nitrogen and oxygen atoms in total. The average molecular weight is 601 g/mol. The predicted molar refractivity (Wildman–Crippen MR) is 166 cm³/mol. The first-order valence-corrected chi connectivity index (χ1v) is 14.3. The van der Waals surface area contributed by atoms with Gasteiger partial charge in [0.15, 0.2) is 0 Å². The Morgan fingerprint density at radius 3 is 2.24 bits per heavy atom. The molecular formula is C30H35Cl2N5O4. The number of anilines is 4. The third kappa shape index (κ3) is 7.97. The van der Waals surface area contributed by atoms with Gasteiger partial charge in [-0.15, -0.1) is 0 Å². The van der Waals surface area contributed by atoms with E-state index in [9.17, 15) is 9.59 Å². The van der Waals surface area contributed by atoms with Gasteiger partial charge in [-0.2, -0.15) is 0 Å². The van der Waals surface area contributed by atoms with Crippen molar-refractivity contribution in [2.24, 2.45) is 0 Å². The van der Waals surface area contributed by atoms with Crippen molar-refractivity contribution >= 4 is 57.9 Å². The van der Waals surface area contributed by atoms with Crippen molar-refractivity contribution in [1.82, 2.24) is 5.32 Å². The standard InChI is InChI=1S/C30H35Cl2N5O4/c1-3-41-19-7-14-33-29(38)22-20-21(34-30(39)35-28-23(31)8-6-9-24(28)32)12-13-25(22)36-15-17-37(18-16-36)26-10-4-5-11-27(26)40-2/h4-6,8-13,20H,3,7,14-19H2,1-2H3,(H,33,38)(H2,34,35,39). The molecule has 0 atom stereocenters. The van der Waals surface area contributed by atoms with Crippen LogP contribution in [0.4, 0.5) is 27.5 Å². The molecule has 1 heterocycles. The molecule has 1 saturated heterocycles. The number of hydrogen-bond donors (Lipinski definition) is 3. The van der Waals surface area contributed by atoms with Crippen LogP contribution in [0.3, 0.4) is 0 Å². The van der Waals surface area contributed by atoms with Crippen LogP contribution in [0.1, 0.15) is 23.7 Å². The van der Waals surface area contributed by atoms with E-state index < -0.39 is 6.03 Å². The van der Waals surface area contributed by atoms with Crippen LogP contribution in [0.15, 0.2) is 60.7 Å². The van der Waals surface area contributed by atoms with E-state index in [0.29, 0.717) is 66.3 Å². The zero-order chi connectivity index (χ0) is 29.2. The number of carbonyl (C=O) groups is 2. The number of hydrogen-bond acceptors (Lipinski definition) is 6. The van der Waals surface area contributed by atoms with Crippen LogP contribution in [-0.2, 0) is 4.74 Å². The first-order chi connectivity index (χ1) is 19.9. The van der Waals surface area contributed by atoms with Crippen molar-refractivity contribution in [3.63, 3.8) is 0 Å². The molecule has 0 unspecified atom stereocenters. The largest absolute Gasteiger partial charge is 0.495 e. The van der Waals surface area contributed by atoms with E-state index in [2.05, 4.69) is 31.8 Å². The fourth-order valence-electron chi connectivity index (χ4n) is 4.66. The molecule has 41 heavy (non-hydrogen) atoms. The summed E-state index contributed by atoms with van der Waals surface area (Å²) >= 11 is 12.4. The van der Waals surface area contributed by atoms with Crippen molar-refractivity contribution in [3.8, 4) is 5.75 Å². The van der Waals surface area contributed by atoms with Crippen LogP contribution < -0.4 is 30.5 Å². The summed E-state index contributed by atoms with van der Waals surface area (Å²) in [6.07, 6.45) is 0.700. The van der Waals surface area contributed by atoms with E-state index in [4.69, 9.17) is 32.7 Å². The number of halogens is 2. The summed E-state index contributed by atoms with van der Waals surface area (Å²) in [6, 6.07) is 17.7. The van der Waals surface area contributed by atoms with Crippen molar-refractivity contribution in [2.75, 3.05) is 73.5 Å². The quantitative estimate of drug-likeness (QED) is 0.229. The number of ether oxygens (including phenoxy) is 2. The minimum atomic E-state index is -0.527. The Kier molecular flexibility index (Phi) is 11.0. The first kappa shape index (κ1) is 30.3. The molecule has 1 aliphatic rings. The molecule has 0 radical (unpaired) electrons. The van der Waals surface area contributed by atoms with Crippen LogP contribution in [0, 0.1) is 0 Å². The number of nitrogens with one attached hydrogen (secondary N) is 3. The molecule has 3 N–H and O–H groups in total. The van der Waals surface area contributed by atoms with E-state index in [1.165, 1.54) is 0 Å². The van der Waals surface area contributed by atoms with Gasteiger partial charge in [0.05, 0.1) is 34.1 Å². The van der Waals surface area contributed by atoms with Gasteiger partial charge in [-0.1, -0.05) is 41.4 Å². The highest BCUT2D eigenvalue weighted by Gasteiger charge is 2.24. The van der Waals surface area contributed by atoms with Crippen molar-refractivity contribution in [2.45, 2.75) is 13.3 Å². The summed E-state index contributed by atoms with van der Waals surface area (Å²) in [5.74, 6) is 0.613. The van der Waals surface area contributed by atoms with Gasteiger partial charge in [0.25, 0.3) is 5.91 Å². The number of para-hydroxylation sites is 3. The Morgan fingerprint density at radius 2 is 1.56 bits per heavy atom. The molecule has 1 fully saturated rings. The number of urea groups is 1. The fourth-order valence-corrected chi connectivity index (χ4v) is 5.15. The summed E-state index contributed by atoms with van der Waals surface area (Å²) in [4.78, 5) is 30.6. The minimum absolute atomic E-state index is 0.220. The van der Waals surface area contributed by atoms with Gasteiger partial charge in [0.1, 0.15) is 5.75 Å². The average Bonchev–Trinajstić information content (AvgIpc) is 2.99. The number of methoxy groups -OCH3 is 1. The molecule has 3 aromatic rings. The van der Waals surface area contributed by atoms with Gasteiger partial charge in [-0.05, 0) is 55.8 Å². The molecule has 3 amide bonds. The number of carbonyl (C=O) groups excluding carboxylic acids is 2. The van der Waals surface area contributed by atoms with Crippen LogP contribution in [-0.4, -0.2) is 65.0 Å². The Bertz CT molecular complexity index is 1330. The molecule has 0 saturated carbocycles. The molecule has 1 aliphatic heterocycles. The van der Waals surface area contributed by atoms with Crippen molar-refractivity contribution in [3.05, 3.63) is 76.3 Å². The first-order valence-electron chi connectivity index (χ1n) is 13.6. The van der Waals surface area contributed by atoms with Crippen LogP contribution >= 0.6 is 23.2 Å². The lowest BCUT2D eigenvalue weighted by Gasteiger charge is -2.38. The summed E-state index contributed by atoms with van der Waals surface area (Å²) in [5, 5.41) is 9.10. The zero-order valence-electron chi connectivity index (χ0n) is 23.2. The Labute approximate surface area is 250 Å². The number of amides is 3. The van der Waals surface area contributed by atoms with E-state index in [1.807, 2.05) is 31.2 Å². The van der Waals surface area contributed by atoms with Gasteiger partial charge >= 0.3 is 6.03 Å². The monoisotopic (exact) mass is 599 g/mol. The maximum absolute atomic E-state index is 13.4. The molecule has 0 bridgehead atoms. The number of nitrogens with zero attached hydrogens (tertiary/aromatic N) is 2. The molecule has 4 rings (SSSR count). The summed E-state index contributed by atoms with van der Waals surface area (Å²) in [5.41, 5.74) is 3.09. The molecular weight excluding hydrogens is 565 g/mol. The third-order valence-electron chi connectivity index (χ3n) is 6.70. The molecule has 0 aliphatic carbocycles. The third-order valence-corrected chi connectivity index (χ3v) is 7.33.